The highest BCUT2D eigenvalue weighted by Crippen LogP contribution is 2.34. The Labute approximate surface area is 224 Å². The average Bonchev–Trinajstić information content (AvgIpc) is 2.89. The molecule has 192 valence electrons. The van der Waals surface area contributed by atoms with Crippen LogP contribution in [0.2, 0.25) is 10.0 Å². The van der Waals surface area contributed by atoms with Gasteiger partial charge in [0.15, 0.2) is 0 Å². The third-order valence-electron chi connectivity index (χ3n) is 6.33. The number of nitrogens with two attached hydrogens (primary N) is 1. The molecule has 5 rings (SSSR count). The first kappa shape index (κ1) is 25.3. The third-order valence-corrected chi connectivity index (χ3v) is 6.96. The van der Waals surface area contributed by atoms with Gasteiger partial charge >= 0.3 is 0 Å². The Kier molecular flexibility index (Phi) is 7.48. The second kappa shape index (κ2) is 10.9. The molecule has 4 aromatic rings. The van der Waals surface area contributed by atoms with Crippen molar-refractivity contribution in [2.24, 2.45) is 7.05 Å². The number of ether oxygens (including phenoxy) is 1. The molecule has 0 saturated carbocycles. The molecule has 11 heteroatoms. The van der Waals surface area contributed by atoms with Gasteiger partial charge < -0.3 is 21.1 Å². The molecule has 2 aromatic heterocycles. The Bertz CT molecular complexity index is 1470. The van der Waals surface area contributed by atoms with E-state index in [0.717, 1.165) is 50.8 Å². The molecule has 1 aliphatic heterocycles. The zero-order chi connectivity index (χ0) is 25.9. The van der Waals surface area contributed by atoms with Crippen LogP contribution < -0.4 is 21.9 Å². The van der Waals surface area contributed by atoms with Crippen LogP contribution in [0.1, 0.15) is 0 Å². The number of nitrogens with zero attached hydrogens (tertiary/aromatic N) is 4. The predicted molar refractivity (Wildman–Crippen MR) is 150 cm³/mol. The zero-order valence-corrected chi connectivity index (χ0v) is 21.8. The molecule has 3 heterocycles. The van der Waals surface area contributed by atoms with Crippen molar-refractivity contribution in [3.8, 4) is 11.1 Å². The fourth-order valence-electron chi connectivity index (χ4n) is 4.33. The lowest BCUT2D eigenvalue weighted by molar-refractivity contribution is 0.0398. The standard InChI is InChI=1S/C26H27Cl2N7O2/c1-34-24-19(15-18(25(34)36)22-20(27)3-2-4-21(22)28)23(29)32-26(33-24)31-17-7-5-16(6-8-17)30-9-10-35-11-13-37-14-12-35/h2-8,15,30H,9-14H2,1H3,(H3,29,31,32,33). The molecule has 0 aliphatic carbocycles. The van der Waals surface area contributed by atoms with Crippen molar-refractivity contribution in [1.82, 2.24) is 19.4 Å². The van der Waals surface area contributed by atoms with E-state index in [2.05, 4.69) is 25.5 Å². The number of anilines is 4. The summed E-state index contributed by atoms with van der Waals surface area (Å²) in [6.07, 6.45) is 0. The molecule has 1 fully saturated rings. The van der Waals surface area contributed by atoms with Crippen LogP contribution in [0.15, 0.2) is 53.3 Å². The highest BCUT2D eigenvalue weighted by molar-refractivity contribution is 6.39. The predicted octanol–water partition coefficient (Wildman–Crippen LogP) is 4.37. The lowest BCUT2D eigenvalue weighted by Crippen LogP contribution is -2.38. The number of rotatable bonds is 7. The molecule has 0 amide bonds. The van der Waals surface area contributed by atoms with Crippen LogP contribution >= 0.6 is 23.2 Å². The van der Waals surface area contributed by atoms with Gasteiger partial charge in [-0.2, -0.15) is 9.97 Å². The minimum absolute atomic E-state index is 0.230. The maximum atomic E-state index is 13.2. The molecular weight excluding hydrogens is 513 g/mol. The summed E-state index contributed by atoms with van der Waals surface area (Å²) < 4.78 is 6.81. The number of morpholine rings is 1. The van der Waals surface area contributed by atoms with Crippen LogP contribution in [-0.4, -0.2) is 58.8 Å². The van der Waals surface area contributed by atoms with E-state index in [-0.39, 0.29) is 17.3 Å². The van der Waals surface area contributed by atoms with Crippen molar-refractivity contribution in [2.75, 3.05) is 55.8 Å². The van der Waals surface area contributed by atoms with Crippen molar-refractivity contribution in [1.29, 1.82) is 0 Å². The van der Waals surface area contributed by atoms with E-state index >= 15 is 0 Å². The van der Waals surface area contributed by atoms with Gasteiger partial charge in [0.05, 0.1) is 34.2 Å². The van der Waals surface area contributed by atoms with Gasteiger partial charge in [0.2, 0.25) is 5.95 Å². The summed E-state index contributed by atoms with van der Waals surface area (Å²) in [5.41, 5.74) is 9.00. The smallest absolute Gasteiger partial charge is 0.259 e. The van der Waals surface area contributed by atoms with Crippen molar-refractivity contribution in [3.05, 3.63) is 68.9 Å². The Hall–Kier alpha value is -3.37. The van der Waals surface area contributed by atoms with Crippen LogP contribution in [0.5, 0.6) is 0 Å². The van der Waals surface area contributed by atoms with Gasteiger partial charge in [-0.25, -0.2) is 0 Å². The second-order valence-electron chi connectivity index (χ2n) is 8.77. The summed E-state index contributed by atoms with van der Waals surface area (Å²) in [4.78, 5) is 24.6. The molecule has 0 bridgehead atoms. The molecular formula is C26H27Cl2N7O2. The highest BCUT2D eigenvalue weighted by Gasteiger charge is 2.18. The number of aryl methyl sites for hydroxylation is 1. The number of aromatic nitrogens is 3. The molecule has 0 atom stereocenters. The van der Waals surface area contributed by atoms with Gasteiger partial charge in [-0.1, -0.05) is 29.3 Å². The molecule has 0 unspecified atom stereocenters. The normalized spacial score (nSPS) is 14.1. The first-order chi connectivity index (χ1) is 17.9. The van der Waals surface area contributed by atoms with E-state index in [4.69, 9.17) is 33.7 Å². The van der Waals surface area contributed by atoms with E-state index in [1.807, 2.05) is 24.3 Å². The highest BCUT2D eigenvalue weighted by atomic mass is 35.5. The number of nitrogens with one attached hydrogen (secondary N) is 2. The van der Waals surface area contributed by atoms with Gasteiger partial charge in [-0.3, -0.25) is 14.3 Å². The quantitative estimate of drug-likeness (QED) is 0.317. The van der Waals surface area contributed by atoms with Gasteiger partial charge in [0, 0.05) is 50.2 Å². The van der Waals surface area contributed by atoms with Crippen LogP contribution in [0.4, 0.5) is 23.1 Å². The van der Waals surface area contributed by atoms with E-state index in [1.54, 1.807) is 31.3 Å². The first-order valence-electron chi connectivity index (χ1n) is 11.9. The minimum atomic E-state index is -0.293. The zero-order valence-electron chi connectivity index (χ0n) is 20.3. The van der Waals surface area contributed by atoms with Gasteiger partial charge in [-0.15, -0.1) is 0 Å². The second-order valence-corrected chi connectivity index (χ2v) is 9.59. The van der Waals surface area contributed by atoms with E-state index in [1.165, 1.54) is 4.57 Å². The Morgan fingerprint density at radius 2 is 1.70 bits per heavy atom. The maximum Gasteiger partial charge on any atom is 0.259 e. The Morgan fingerprint density at radius 1 is 1.03 bits per heavy atom. The van der Waals surface area contributed by atoms with E-state index in [0.29, 0.717) is 32.2 Å². The van der Waals surface area contributed by atoms with Gasteiger partial charge in [-0.05, 0) is 42.5 Å². The van der Waals surface area contributed by atoms with Crippen LogP contribution in [0.3, 0.4) is 0 Å². The van der Waals surface area contributed by atoms with Crippen LogP contribution in [0, 0.1) is 0 Å². The lowest BCUT2D eigenvalue weighted by Gasteiger charge is -2.26. The number of fused-ring (bicyclic) bond motifs is 1. The van der Waals surface area contributed by atoms with Crippen molar-refractivity contribution in [3.63, 3.8) is 0 Å². The molecule has 37 heavy (non-hydrogen) atoms. The average molecular weight is 540 g/mol. The van der Waals surface area contributed by atoms with Gasteiger partial charge in [0.25, 0.3) is 5.56 Å². The topological polar surface area (TPSA) is 110 Å². The number of hydrogen-bond acceptors (Lipinski definition) is 8. The largest absolute Gasteiger partial charge is 0.384 e. The fourth-order valence-corrected chi connectivity index (χ4v) is 4.93. The number of hydrogen-bond donors (Lipinski definition) is 3. The minimum Gasteiger partial charge on any atom is -0.384 e. The lowest BCUT2D eigenvalue weighted by atomic mass is 10.1. The summed E-state index contributed by atoms with van der Waals surface area (Å²) in [6, 6.07) is 14.6. The number of pyridine rings is 1. The fraction of sp³-hybridized carbons (Fsp3) is 0.269. The number of benzene rings is 2. The molecule has 1 saturated heterocycles. The summed E-state index contributed by atoms with van der Waals surface area (Å²) in [5, 5.41) is 7.89. The maximum absolute atomic E-state index is 13.2. The van der Waals surface area contributed by atoms with Gasteiger partial charge in [0.1, 0.15) is 11.5 Å². The molecule has 2 aromatic carbocycles. The summed E-state index contributed by atoms with van der Waals surface area (Å²) in [5.74, 6) is 0.519. The van der Waals surface area contributed by atoms with Crippen molar-refractivity contribution in [2.45, 2.75) is 0 Å². The molecule has 0 spiro atoms. The van der Waals surface area contributed by atoms with E-state index in [9.17, 15) is 4.79 Å². The molecule has 0 radical (unpaired) electrons. The number of nitrogen functional groups attached to an aromatic ring is 1. The van der Waals surface area contributed by atoms with Crippen molar-refractivity contribution < 1.29 is 4.74 Å². The van der Waals surface area contributed by atoms with E-state index < -0.39 is 0 Å². The SMILES string of the molecule is Cn1c(=O)c(-c2c(Cl)cccc2Cl)cc2c(N)nc(Nc3ccc(NCCN4CCOCC4)cc3)nc21. The molecule has 1 aliphatic rings. The van der Waals surface area contributed by atoms with Crippen molar-refractivity contribution >= 4 is 57.4 Å². The Balaban J connectivity index is 1.34. The summed E-state index contributed by atoms with van der Waals surface area (Å²) >= 11 is 12.7. The van der Waals surface area contributed by atoms with Crippen LogP contribution in [-0.2, 0) is 11.8 Å². The summed E-state index contributed by atoms with van der Waals surface area (Å²) in [7, 11) is 1.63. The molecule has 4 N–H and O–H groups in total. The summed E-state index contributed by atoms with van der Waals surface area (Å²) in [6.45, 7) is 5.36. The monoisotopic (exact) mass is 539 g/mol. The number of halogens is 2. The first-order valence-corrected chi connectivity index (χ1v) is 12.7. The molecule has 9 nitrogen and oxygen atoms in total. The van der Waals surface area contributed by atoms with Crippen LogP contribution in [0.25, 0.3) is 22.2 Å². The Morgan fingerprint density at radius 3 is 2.41 bits per heavy atom. The third kappa shape index (κ3) is 5.50.